The minimum absolute atomic E-state index is 0.0158. The maximum Gasteiger partial charge on any atom is 0.310 e. The molecule has 0 saturated heterocycles. The highest BCUT2D eigenvalue weighted by atomic mass is 19.1. The molecule has 5 heteroatoms. The summed E-state index contributed by atoms with van der Waals surface area (Å²) in [5.41, 5.74) is 0.423. The molecule has 0 radical (unpaired) electrons. The summed E-state index contributed by atoms with van der Waals surface area (Å²) in [5, 5.41) is 0. The van der Waals surface area contributed by atoms with E-state index < -0.39 is 11.9 Å². The van der Waals surface area contributed by atoms with Crippen LogP contribution in [0.3, 0.4) is 0 Å². The standard InChI is InChI=1S/C9H10FNO3/c1-13-7(12)5-6-3-4-11-9(10)8(6)14-2/h3-4H,5H2,1-2H3. The molecule has 0 aliphatic heterocycles. The fourth-order valence-electron chi connectivity index (χ4n) is 1.04. The zero-order chi connectivity index (χ0) is 10.6. The van der Waals surface area contributed by atoms with Crippen LogP contribution in [0.2, 0.25) is 0 Å². The summed E-state index contributed by atoms with van der Waals surface area (Å²) in [7, 11) is 2.59. The Hall–Kier alpha value is -1.65. The number of aromatic nitrogens is 1. The van der Waals surface area contributed by atoms with Crippen LogP contribution in [-0.2, 0) is 16.0 Å². The van der Waals surface area contributed by atoms with Crippen LogP contribution in [0.4, 0.5) is 4.39 Å². The average molecular weight is 199 g/mol. The smallest absolute Gasteiger partial charge is 0.310 e. The van der Waals surface area contributed by atoms with E-state index in [2.05, 4.69) is 9.72 Å². The first-order valence-corrected chi connectivity index (χ1v) is 3.93. The van der Waals surface area contributed by atoms with E-state index in [9.17, 15) is 9.18 Å². The van der Waals surface area contributed by atoms with E-state index >= 15 is 0 Å². The predicted molar refractivity (Wildman–Crippen MR) is 46.5 cm³/mol. The molecule has 76 valence electrons. The van der Waals surface area contributed by atoms with Crippen LogP contribution in [0.15, 0.2) is 12.3 Å². The van der Waals surface area contributed by atoms with Crippen molar-refractivity contribution in [3.63, 3.8) is 0 Å². The molecule has 0 spiro atoms. The summed E-state index contributed by atoms with van der Waals surface area (Å²) in [5.74, 6) is -1.19. The van der Waals surface area contributed by atoms with Gasteiger partial charge in [-0.05, 0) is 6.07 Å². The van der Waals surface area contributed by atoms with E-state index in [1.807, 2.05) is 0 Å². The largest absolute Gasteiger partial charge is 0.492 e. The van der Waals surface area contributed by atoms with Gasteiger partial charge in [0, 0.05) is 11.8 Å². The quantitative estimate of drug-likeness (QED) is 0.537. The molecule has 0 amide bonds. The second kappa shape index (κ2) is 4.55. The van der Waals surface area contributed by atoms with Crippen molar-refractivity contribution in [1.82, 2.24) is 4.98 Å². The van der Waals surface area contributed by atoms with E-state index in [-0.39, 0.29) is 12.2 Å². The highest BCUT2D eigenvalue weighted by molar-refractivity contribution is 5.73. The second-order valence-electron chi connectivity index (χ2n) is 2.55. The third-order valence-electron chi connectivity index (χ3n) is 1.71. The number of pyridine rings is 1. The molecule has 0 bridgehead atoms. The van der Waals surface area contributed by atoms with Crippen molar-refractivity contribution in [3.8, 4) is 5.75 Å². The zero-order valence-electron chi connectivity index (χ0n) is 7.91. The van der Waals surface area contributed by atoms with Crippen LogP contribution in [0.1, 0.15) is 5.56 Å². The monoisotopic (exact) mass is 199 g/mol. The Kier molecular flexibility index (Phi) is 3.39. The molecule has 0 aliphatic rings. The van der Waals surface area contributed by atoms with Gasteiger partial charge in [0.05, 0.1) is 20.6 Å². The number of halogens is 1. The lowest BCUT2D eigenvalue weighted by Gasteiger charge is -2.06. The van der Waals surface area contributed by atoms with Crippen LogP contribution >= 0.6 is 0 Å². The number of methoxy groups -OCH3 is 2. The number of esters is 1. The van der Waals surface area contributed by atoms with E-state index in [1.54, 1.807) is 0 Å². The van der Waals surface area contributed by atoms with Gasteiger partial charge in [-0.3, -0.25) is 4.79 Å². The number of rotatable bonds is 3. The molecule has 14 heavy (non-hydrogen) atoms. The number of carbonyl (C=O) groups is 1. The van der Waals surface area contributed by atoms with E-state index in [0.717, 1.165) is 0 Å². The van der Waals surface area contributed by atoms with Crippen molar-refractivity contribution in [1.29, 1.82) is 0 Å². The van der Waals surface area contributed by atoms with Gasteiger partial charge in [0.2, 0.25) is 0 Å². The van der Waals surface area contributed by atoms with Crippen LogP contribution in [0, 0.1) is 5.95 Å². The number of hydrogen-bond donors (Lipinski definition) is 0. The van der Waals surface area contributed by atoms with Crippen molar-refractivity contribution in [3.05, 3.63) is 23.8 Å². The molecule has 1 aromatic heterocycles. The molecule has 0 atom stereocenters. The van der Waals surface area contributed by atoms with Crippen LogP contribution < -0.4 is 4.74 Å². The molecule has 0 fully saturated rings. The van der Waals surface area contributed by atoms with Gasteiger partial charge >= 0.3 is 5.97 Å². The summed E-state index contributed by atoms with van der Waals surface area (Å²) >= 11 is 0. The van der Waals surface area contributed by atoms with Gasteiger partial charge in [0.25, 0.3) is 5.95 Å². The molecule has 1 rings (SSSR count). The zero-order valence-corrected chi connectivity index (χ0v) is 7.91. The van der Waals surface area contributed by atoms with Crippen LogP contribution in [0.25, 0.3) is 0 Å². The summed E-state index contributed by atoms with van der Waals surface area (Å²) in [6, 6.07) is 1.51. The summed E-state index contributed by atoms with van der Waals surface area (Å²) in [6.07, 6.45) is 1.25. The normalized spacial score (nSPS) is 9.64. The highest BCUT2D eigenvalue weighted by Gasteiger charge is 2.13. The minimum Gasteiger partial charge on any atom is -0.492 e. The van der Waals surface area contributed by atoms with Gasteiger partial charge in [-0.1, -0.05) is 0 Å². The lowest BCUT2D eigenvalue weighted by Crippen LogP contribution is -2.07. The van der Waals surface area contributed by atoms with Crippen molar-refractivity contribution in [2.24, 2.45) is 0 Å². The molecule has 4 nitrogen and oxygen atoms in total. The Morgan fingerprint density at radius 2 is 2.29 bits per heavy atom. The number of nitrogens with zero attached hydrogens (tertiary/aromatic N) is 1. The fourth-order valence-corrected chi connectivity index (χ4v) is 1.04. The Morgan fingerprint density at radius 3 is 2.86 bits per heavy atom. The number of hydrogen-bond acceptors (Lipinski definition) is 4. The van der Waals surface area contributed by atoms with Crippen molar-refractivity contribution in [2.45, 2.75) is 6.42 Å². The van der Waals surface area contributed by atoms with Crippen molar-refractivity contribution < 1.29 is 18.7 Å². The Balaban J connectivity index is 2.96. The van der Waals surface area contributed by atoms with E-state index in [4.69, 9.17) is 4.74 Å². The lowest BCUT2D eigenvalue weighted by molar-refractivity contribution is -0.139. The maximum absolute atomic E-state index is 13.0. The molecule has 0 aromatic carbocycles. The van der Waals surface area contributed by atoms with Gasteiger partial charge in [0.15, 0.2) is 5.75 Å². The number of ether oxygens (including phenoxy) is 2. The first kappa shape index (κ1) is 10.4. The summed E-state index contributed by atoms with van der Waals surface area (Å²) < 4.78 is 22.2. The van der Waals surface area contributed by atoms with Crippen molar-refractivity contribution in [2.75, 3.05) is 14.2 Å². The molecule has 1 heterocycles. The first-order valence-electron chi connectivity index (χ1n) is 3.93. The van der Waals surface area contributed by atoms with Crippen molar-refractivity contribution >= 4 is 5.97 Å². The van der Waals surface area contributed by atoms with Crippen LogP contribution in [-0.4, -0.2) is 25.2 Å². The molecule has 1 aromatic rings. The van der Waals surface area contributed by atoms with Gasteiger partial charge in [-0.2, -0.15) is 4.39 Å². The lowest BCUT2D eigenvalue weighted by atomic mass is 10.2. The van der Waals surface area contributed by atoms with Gasteiger partial charge in [-0.15, -0.1) is 0 Å². The third-order valence-corrected chi connectivity index (χ3v) is 1.71. The predicted octanol–water partition coefficient (Wildman–Crippen LogP) is 0.945. The molecular weight excluding hydrogens is 189 g/mol. The Bertz CT molecular complexity index is 341. The van der Waals surface area contributed by atoms with E-state index in [0.29, 0.717) is 5.56 Å². The molecule has 0 unspecified atom stereocenters. The molecular formula is C9H10FNO3. The average Bonchev–Trinajstić information content (AvgIpc) is 2.18. The molecule has 0 aliphatic carbocycles. The SMILES string of the molecule is COC(=O)Cc1ccnc(F)c1OC. The van der Waals surface area contributed by atoms with Gasteiger partial charge < -0.3 is 9.47 Å². The third kappa shape index (κ3) is 2.18. The van der Waals surface area contributed by atoms with Crippen LogP contribution in [0.5, 0.6) is 5.75 Å². The maximum atomic E-state index is 13.0. The topological polar surface area (TPSA) is 48.4 Å². The van der Waals surface area contributed by atoms with Gasteiger partial charge in [-0.25, -0.2) is 4.98 Å². The fraction of sp³-hybridized carbons (Fsp3) is 0.333. The van der Waals surface area contributed by atoms with E-state index in [1.165, 1.54) is 26.5 Å². The second-order valence-corrected chi connectivity index (χ2v) is 2.55. The summed E-state index contributed by atoms with van der Waals surface area (Å²) in [4.78, 5) is 14.3. The first-order chi connectivity index (χ1) is 6.69. The highest BCUT2D eigenvalue weighted by Crippen LogP contribution is 2.20. The number of carbonyl (C=O) groups excluding carboxylic acids is 1. The molecule has 0 N–H and O–H groups in total. The Morgan fingerprint density at radius 1 is 1.57 bits per heavy atom. The minimum atomic E-state index is -0.728. The Labute approximate surface area is 80.7 Å². The molecule has 0 saturated carbocycles. The summed E-state index contributed by atoms with van der Waals surface area (Å²) in [6.45, 7) is 0. The van der Waals surface area contributed by atoms with Gasteiger partial charge in [0.1, 0.15) is 0 Å².